The second-order valence-corrected chi connectivity index (χ2v) is 5.91. The van der Waals surface area contributed by atoms with Crippen molar-refractivity contribution in [3.8, 4) is 11.8 Å². The van der Waals surface area contributed by atoms with Gasteiger partial charge in [0, 0.05) is 17.9 Å². The number of anilines is 1. The Hall–Kier alpha value is -2.42. The first kappa shape index (κ1) is 17.6. The number of hydrogen-bond donors (Lipinski definition) is 1. The molecule has 6 heteroatoms. The maximum atomic E-state index is 14.1. The van der Waals surface area contributed by atoms with Gasteiger partial charge in [-0.05, 0) is 27.2 Å². The second kappa shape index (κ2) is 7.03. The molecule has 0 unspecified atom stereocenters. The normalized spacial score (nSPS) is 10.6. The summed E-state index contributed by atoms with van der Waals surface area (Å²) in [6.07, 6.45) is 0.853. The van der Waals surface area contributed by atoms with E-state index < -0.39 is 16.4 Å². The van der Waals surface area contributed by atoms with E-state index in [1.165, 1.54) is 6.07 Å². The number of rotatable bonds is 4. The van der Waals surface area contributed by atoms with E-state index in [1.54, 1.807) is 0 Å². The highest BCUT2D eigenvalue weighted by Crippen LogP contribution is 2.26. The average molecular weight is 306 g/mol. The van der Waals surface area contributed by atoms with Crippen molar-refractivity contribution in [3.63, 3.8) is 0 Å². The Morgan fingerprint density at radius 2 is 2.05 bits per heavy atom. The lowest BCUT2D eigenvalue weighted by molar-refractivity contribution is -0.385. The summed E-state index contributed by atoms with van der Waals surface area (Å²) < 4.78 is 14.1. The van der Waals surface area contributed by atoms with Gasteiger partial charge in [-0.25, -0.2) is 4.39 Å². The molecule has 1 aromatic carbocycles. The summed E-state index contributed by atoms with van der Waals surface area (Å²) in [4.78, 5) is 21.8. The SMILES string of the molecule is CCCC(=O)Nc1c(F)cc([N+](=O)[O-])cc1C#CC(C)(C)C. The molecule has 0 aliphatic carbocycles. The summed E-state index contributed by atoms with van der Waals surface area (Å²) in [6, 6.07) is 1.95. The van der Waals surface area contributed by atoms with Crippen molar-refractivity contribution in [1.29, 1.82) is 0 Å². The van der Waals surface area contributed by atoms with E-state index in [-0.39, 0.29) is 29.0 Å². The third-order valence-corrected chi connectivity index (χ3v) is 2.60. The van der Waals surface area contributed by atoms with Gasteiger partial charge in [0.15, 0.2) is 5.82 Å². The lowest BCUT2D eigenvalue weighted by atomic mass is 9.97. The average Bonchev–Trinajstić information content (AvgIpc) is 2.38. The van der Waals surface area contributed by atoms with Gasteiger partial charge in [-0.15, -0.1) is 0 Å². The number of benzene rings is 1. The first-order valence-corrected chi connectivity index (χ1v) is 6.95. The molecule has 22 heavy (non-hydrogen) atoms. The molecule has 0 saturated carbocycles. The number of non-ortho nitro benzene ring substituents is 1. The van der Waals surface area contributed by atoms with Gasteiger partial charge in [0.25, 0.3) is 5.69 Å². The van der Waals surface area contributed by atoms with E-state index in [9.17, 15) is 19.3 Å². The standard InChI is InChI=1S/C16H19FN2O3/c1-5-6-14(20)18-15-11(7-8-16(2,3)4)9-12(19(21)22)10-13(15)17/h9-10H,5-6H2,1-4H3,(H,18,20). The lowest BCUT2D eigenvalue weighted by Gasteiger charge is -2.10. The van der Waals surface area contributed by atoms with Crippen LogP contribution >= 0.6 is 0 Å². The van der Waals surface area contributed by atoms with Gasteiger partial charge in [-0.2, -0.15) is 0 Å². The topological polar surface area (TPSA) is 72.2 Å². The van der Waals surface area contributed by atoms with Crippen molar-refractivity contribution < 1.29 is 14.1 Å². The second-order valence-electron chi connectivity index (χ2n) is 5.91. The first-order valence-electron chi connectivity index (χ1n) is 6.95. The number of nitrogens with one attached hydrogen (secondary N) is 1. The van der Waals surface area contributed by atoms with Crippen LogP contribution in [0.4, 0.5) is 15.8 Å². The molecule has 0 aliphatic heterocycles. The molecule has 0 aromatic heterocycles. The van der Waals surface area contributed by atoms with Crippen molar-refractivity contribution in [1.82, 2.24) is 0 Å². The number of hydrogen-bond acceptors (Lipinski definition) is 3. The molecule has 0 atom stereocenters. The molecule has 0 aliphatic rings. The van der Waals surface area contributed by atoms with Crippen LogP contribution < -0.4 is 5.32 Å². The van der Waals surface area contributed by atoms with Gasteiger partial charge in [-0.1, -0.05) is 18.8 Å². The fourth-order valence-electron chi connectivity index (χ4n) is 1.61. The molecule has 1 N–H and O–H groups in total. The Morgan fingerprint density at radius 3 is 2.55 bits per heavy atom. The minimum atomic E-state index is -0.864. The van der Waals surface area contributed by atoms with Crippen molar-refractivity contribution in [2.24, 2.45) is 5.41 Å². The molecule has 0 fully saturated rings. The summed E-state index contributed by atoms with van der Waals surface area (Å²) in [5.41, 5.74) is -0.762. The number of nitrogens with zero attached hydrogens (tertiary/aromatic N) is 1. The van der Waals surface area contributed by atoms with E-state index in [2.05, 4.69) is 17.2 Å². The summed E-state index contributed by atoms with van der Waals surface area (Å²) in [5, 5.41) is 13.3. The van der Waals surface area contributed by atoms with Crippen molar-refractivity contribution in [3.05, 3.63) is 33.6 Å². The quantitative estimate of drug-likeness (QED) is 0.521. The third kappa shape index (κ3) is 5.17. The minimum Gasteiger partial charge on any atom is -0.323 e. The highest BCUT2D eigenvalue weighted by Gasteiger charge is 2.18. The molecule has 0 spiro atoms. The molecule has 118 valence electrons. The zero-order chi connectivity index (χ0) is 16.9. The Balaban J connectivity index is 3.36. The zero-order valence-electron chi connectivity index (χ0n) is 13.1. The number of nitro benzene ring substituents is 1. The maximum absolute atomic E-state index is 14.1. The molecule has 0 radical (unpaired) electrons. The van der Waals surface area contributed by atoms with Crippen LogP contribution in [0.15, 0.2) is 12.1 Å². The zero-order valence-corrected chi connectivity index (χ0v) is 13.1. The minimum absolute atomic E-state index is 0.103. The van der Waals surface area contributed by atoms with Gasteiger partial charge in [0.05, 0.1) is 22.2 Å². The molecular weight excluding hydrogens is 287 g/mol. The molecular formula is C16H19FN2O3. The van der Waals surface area contributed by atoms with Crippen LogP contribution in [0, 0.1) is 33.2 Å². The van der Waals surface area contributed by atoms with Gasteiger partial charge in [0.1, 0.15) is 0 Å². The number of carbonyl (C=O) groups is 1. The maximum Gasteiger partial charge on any atom is 0.273 e. The van der Waals surface area contributed by atoms with Crippen LogP contribution in [0.1, 0.15) is 46.1 Å². The monoisotopic (exact) mass is 306 g/mol. The number of halogens is 1. The Bertz CT molecular complexity index is 652. The molecule has 1 aromatic rings. The van der Waals surface area contributed by atoms with Gasteiger partial charge < -0.3 is 5.32 Å². The molecule has 0 bridgehead atoms. The van der Waals surface area contributed by atoms with Crippen LogP contribution in [0.3, 0.4) is 0 Å². The number of nitro groups is 1. The Morgan fingerprint density at radius 1 is 1.41 bits per heavy atom. The van der Waals surface area contributed by atoms with Gasteiger partial charge >= 0.3 is 0 Å². The summed E-state index contributed by atoms with van der Waals surface area (Å²) >= 11 is 0. The fourth-order valence-corrected chi connectivity index (χ4v) is 1.61. The Labute approximate surface area is 129 Å². The van der Waals surface area contributed by atoms with Crippen molar-refractivity contribution >= 4 is 17.3 Å². The van der Waals surface area contributed by atoms with Crippen LogP contribution in [0.2, 0.25) is 0 Å². The first-order chi connectivity index (χ1) is 10.1. The third-order valence-electron chi connectivity index (χ3n) is 2.60. The number of amides is 1. The summed E-state index contributed by atoms with van der Waals surface area (Å²) in [5.74, 6) is 4.40. The molecule has 5 nitrogen and oxygen atoms in total. The van der Waals surface area contributed by atoms with Gasteiger partial charge in [-0.3, -0.25) is 14.9 Å². The van der Waals surface area contributed by atoms with Gasteiger partial charge in [0.2, 0.25) is 5.91 Å². The largest absolute Gasteiger partial charge is 0.323 e. The predicted molar refractivity (Wildman–Crippen MR) is 82.9 cm³/mol. The van der Waals surface area contributed by atoms with E-state index in [0.29, 0.717) is 6.42 Å². The van der Waals surface area contributed by atoms with Crippen molar-refractivity contribution in [2.75, 3.05) is 5.32 Å². The van der Waals surface area contributed by atoms with E-state index >= 15 is 0 Å². The van der Waals surface area contributed by atoms with Crippen molar-refractivity contribution in [2.45, 2.75) is 40.5 Å². The molecule has 0 heterocycles. The van der Waals surface area contributed by atoms with E-state index in [1.807, 2.05) is 27.7 Å². The number of carbonyl (C=O) groups excluding carboxylic acids is 1. The highest BCUT2D eigenvalue weighted by atomic mass is 19.1. The van der Waals surface area contributed by atoms with Crippen LogP contribution in [0.5, 0.6) is 0 Å². The predicted octanol–water partition coefficient (Wildman–Crippen LogP) is 3.87. The highest BCUT2D eigenvalue weighted by molar-refractivity contribution is 5.92. The Kier molecular flexibility index (Phi) is 5.63. The van der Waals surface area contributed by atoms with Crippen LogP contribution in [-0.2, 0) is 4.79 Å². The summed E-state index contributed by atoms with van der Waals surface area (Å²) in [6.45, 7) is 7.42. The van der Waals surface area contributed by atoms with Crippen LogP contribution in [0.25, 0.3) is 0 Å². The molecule has 1 rings (SSSR count). The molecule has 1 amide bonds. The van der Waals surface area contributed by atoms with E-state index in [0.717, 1.165) is 6.07 Å². The van der Waals surface area contributed by atoms with Crippen LogP contribution in [-0.4, -0.2) is 10.8 Å². The smallest absolute Gasteiger partial charge is 0.273 e. The fraction of sp³-hybridized carbons (Fsp3) is 0.438. The van der Waals surface area contributed by atoms with E-state index in [4.69, 9.17) is 0 Å². The summed E-state index contributed by atoms with van der Waals surface area (Å²) in [7, 11) is 0. The molecule has 0 saturated heterocycles. The lowest BCUT2D eigenvalue weighted by Crippen LogP contribution is -2.13.